The molecule has 0 spiro atoms. The van der Waals surface area contributed by atoms with Crippen molar-refractivity contribution >= 4 is 11.3 Å². The second-order valence-corrected chi connectivity index (χ2v) is 8.56. The van der Waals surface area contributed by atoms with Crippen LogP contribution in [0.2, 0.25) is 0 Å². The first-order chi connectivity index (χ1) is 13.1. The van der Waals surface area contributed by atoms with Crippen molar-refractivity contribution < 1.29 is 4.74 Å². The van der Waals surface area contributed by atoms with E-state index in [1.165, 1.54) is 21.0 Å². The van der Waals surface area contributed by atoms with Crippen LogP contribution in [0.3, 0.4) is 0 Å². The number of aryl methyl sites for hydroxylation is 1. The van der Waals surface area contributed by atoms with Crippen molar-refractivity contribution in [1.29, 1.82) is 0 Å². The molecule has 3 rings (SSSR count). The van der Waals surface area contributed by atoms with E-state index >= 15 is 0 Å². The molecule has 0 saturated heterocycles. The van der Waals surface area contributed by atoms with Gasteiger partial charge in [0.05, 0.1) is 6.04 Å². The molecule has 0 bridgehead atoms. The molecule has 0 radical (unpaired) electrons. The van der Waals surface area contributed by atoms with Crippen molar-refractivity contribution in [2.75, 3.05) is 0 Å². The average Bonchev–Trinajstić information content (AvgIpc) is 3.11. The van der Waals surface area contributed by atoms with Crippen molar-refractivity contribution in [2.45, 2.75) is 46.4 Å². The lowest BCUT2D eigenvalue weighted by Gasteiger charge is -2.19. The molecule has 0 aliphatic carbocycles. The third kappa shape index (κ3) is 6.19. The van der Waals surface area contributed by atoms with Crippen LogP contribution in [0.15, 0.2) is 60.8 Å². The van der Waals surface area contributed by atoms with Crippen LogP contribution in [-0.4, -0.2) is 4.98 Å². The average molecular weight is 381 g/mol. The smallest absolute Gasteiger partial charge is 0.119 e. The first-order valence-corrected chi connectivity index (χ1v) is 10.3. The number of ether oxygens (including phenoxy) is 1. The minimum Gasteiger partial charge on any atom is -0.489 e. The fourth-order valence-corrected chi connectivity index (χ4v) is 3.82. The van der Waals surface area contributed by atoms with Gasteiger partial charge in [-0.1, -0.05) is 56.3 Å². The van der Waals surface area contributed by atoms with Gasteiger partial charge in [-0.2, -0.15) is 0 Å². The molecule has 1 heterocycles. The third-order valence-corrected chi connectivity index (χ3v) is 5.40. The first kappa shape index (κ1) is 19.6. The minimum atomic E-state index is 0.303. The van der Waals surface area contributed by atoms with Gasteiger partial charge in [-0.15, -0.1) is 11.3 Å². The summed E-state index contributed by atoms with van der Waals surface area (Å²) in [7, 11) is 0. The van der Waals surface area contributed by atoms with Gasteiger partial charge in [0.1, 0.15) is 17.4 Å². The molecular formula is C23H28N2OS. The predicted octanol–water partition coefficient (Wildman–Crippen LogP) is 5.91. The lowest BCUT2D eigenvalue weighted by atomic mass is 10.0. The fraction of sp³-hybridized carbons (Fsp3) is 0.348. The molecule has 142 valence electrons. The van der Waals surface area contributed by atoms with E-state index < -0.39 is 0 Å². The number of aromatic nitrogens is 1. The second-order valence-electron chi connectivity index (χ2n) is 7.29. The van der Waals surface area contributed by atoms with Gasteiger partial charge in [0, 0.05) is 17.6 Å². The van der Waals surface area contributed by atoms with Gasteiger partial charge in [-0.3, -0.25) is 0 Å². The maximum absolute atomic E-state index is 5.87. The summed E-state index contributed by atoms with van der Waals surface area (Å²) in [4.78, 5) is 5.85. The number of thiazole rings is 1. The highest BCUT2D eigenvalue weighted by Gasteiger charge is 2.16. The highest BCUT2D eigenvalue weighted by atomic mass is 32.1. The molecule has 27 heavy (non-hydrogen) atoms. The van der Waals surface area contributed by atoms with E-state index in [9.17, 15) is 0 Å². The van der Waals surface area contributed by atoms with Gasteiger partial charge in [0.25, 0.3) is 0 Å². The van der Waals surface area contributed by atoms with E-state index in [-0.39, 0.29) is 0 Å². The molecule has 3 nitrogen and oxygen atoms in total. The molecule has 0 saturated carbocycles. The summed E-state index contributed by atoms with van der Waals surface area (Å²) in [5, 5.41) is 4.87. The molecule has 3 aromatic rings. The Morgan fingerprint density at radius 1 is 1.00 bits per heavy atom. The molecule has 0 fully saturated rings. The van der Waals surface area contributed by atoms with Crippen LogP contribution >= 0.6 is 11.3 Å². The molecule has 1 aromatic heterocycles. The second kappa shape index (κ2) is 9.67. The van der Waals surface area contributed by atoms with E-state index in [1.807, 2.05) is 36.5 Å². The summed E-state index contributed by atoms with van der Waals surface area (Å²) in [5.41, 5.74) is 2.43. The molecule has 2 aromatic carbocycles. The highest BCUT2D eigenvalue weighted by molar-refractivity contribution is 7.11. The molecule has 1 atom stereocenters. The summed E-state index contributed by atoms with van der Waals surface area (Å²) in [6.07, 6.45) is 3.05. The van der Waals surface area contributed by atoms with Gasteiger partial charge in [0.15, 0.2) is 0 Å². The Morgan fingerprint density at radius 3 is 2.37 bits per heavy atom. The summed E-state index contributed by atoms with van der Waals surface area (Å²) >= 11 is 1.79. The van der Waals surface area contributed by atoms with Crippen molar-refractivity contribution in [1.82, 2.24) is 10.3 Å². The Morgan fingerprint density at radius 2 is 1.74 bits per heavy atom. The van der Waals surface area contributed by atoms with Crippen molar-refractivity contribution in [3.8, 4) is 5.75 Å². The lowest BCUT2D eigenvalue weighted by Crippen LogP contribution is -2.22. The van der Waals surface area contributed by atoms with E-state index in [0.29, 0.717) is 18.6 Å². The third-order valence-electron chi connectivity index (χ3n) is 4.37. The van der Waals surface area contributed by atoms with Crippen molar-refractivity contribution in [3.63, 3.8) is 0 Å². The molecule has 0 aliphatic heterocycles. The molecule has 0 amide bonds. The van der Waals surface area contributed by atoms with Crippen LogP contribution < -0.4 is 10.1 Å². The number of nitrogens with one attached hydrogen (secondary N) is 1. The SMILES string of the molecule is Cc1cnc(C(CC(C)C)NCc2ccc(OCc3ccccc3)cc2)s1. The Kier molecular flexibility index (Phi) is 7.02. The molecule has 0 aliphatic rings. The van der Waals surface area contributed by atoms with Gasteiger partial charge >= 0.3 is 0 Å². The maximum Gasteiger partial charge on any atom is 0.119 e. The van der Waals surface area contributed by atoms with Crippen LogP contribution in [0, 0.1) is 12.8 Å². The van der Waals surface area contributed by atoms with E-state index in [4.69, 9.17) is 4.74 Å². The van der Waals surface area contributed by atoms with Crippen molar-refractivity contribution in [3.05, 3.63) is 81.8 Å². The maximum atomic E-state index is 5.87. The van der Waals surface area contributed by atoms with Gasteiger partial charge in [0.2, 0.25) is 0 Å². The Hall–Kier alpha value is -2.17. The van der Waals surface area contributed by atoms with E-state index in [0.717, 1.165) is 18.7 Å². The normalized spacial score (nSPS) is 12.3. The van der Waals surface area contributed by atoms with Crippen LogP contribution in [-0.2, 0) is 13.2 Å². The van der Waals surface area contributed by atoms with Crippen LogP contribution in [0.1, 0.15) is 47.3 Å². The molecular weight excluding hydrogens is 352 g/mol. The number of nitrogens with zero attached hydrogens (tertiary/aromatic N) is 1. The summed E-state index contributed by atoms with van der Waals surface area (Å²) in [6.45, 7) is 8.05. The van der Waals surface area contributed by atoms with Crippen LogP contribution in [0.5, 0.6) is 5.75 Å². The largest absolute Gasteiger partial charge is 0.489 e. The number of benzene rings is 2. The number of rotatable bonds is 9. The quantitative estimate of drug-likeness (QED) is 0.501. The molecule has 4 heteroatoms. The Balaban J connectivity index is 1.55. The summed E-state index contributed by atoms with van der Waals surface area (Å²) in [5.74, 6) is 1.53. The minimum absolute atomic E-state index is 0.303. The molecule has 1 N–H and O–H groups in total. The molecule has 1 unspecified atom stereocenters. The topological polar surface area (TPSA) is 34.2 Å². The van der Waals surface area contributed by atoms with Crippen LogP contribution in [0.25, 0.3) is 0 Å². The van der Waals surface area contributed by atoms with Gasteiger partial charge < -0.3 is 10.1 Å². The Bertz CT molecular complexity index is 812. The zero-order chi connectivity index (χ0) is 19.1. The van der Waals surface area contributed by atoms with Crippen LogP contribution in [0.4, 0.5) is 0 Å². The number of hydrogen-bond donors (Lipinski definition) is 1. The number of hydrogen-bond acceptors (Lipinski definition) is 4. The predicted molar refractivity (Wildman–Crippen MR) is 113 cm³/mol. The Labute approximate surface area is 166 Å². The van der Waals surface area contributed by atoms with Crippen molar-refractivity contribution in [2.24, 2.45) is 5.92 Å². The highest BCUT2D eigenvalue weighted by Crippen LogP contribution is 2.26. The zero-order valence-electron chi connectivity index (χ0n) is 16.3. The van der Waals surface area contributed by atoms with E-state index in [2.05, 4.69) is 55.3 Å². The van der Waals surface area contributed by atoms with Gasteiger partial charge in [-0.05, 0) is 42.5 Å². The van der Waals surface area contributed by atoms with Gasteiger partial charge in [-0.25, -0.2) is 4.98 Å². The standard InChI is InChI=1S/C23H28N2OS/c1-17(2)13-22(23-25-14-18(3)27-23)24-15-19-9-11-21(12-10-19)26-16-20-7-5-4-6-8-20/h4-12,14,17,22,24H,13,15-16H2,1-3H3. The zero-order valence-corrected chi connectivity index (χ0v) is 17.1. The fourth-order valence-electron chi connectivity index (χ4n) is 2.96. The monoisotopic (exact) mass is 380 g/mol. The van der Waals surface area contributed by atoms with E-state index in [1.54, 1.807) is 11.3 Å². The lowest BCUT2D eigenvalue weighted by molar-refractivity contribution is 0.306. The first-order valence-electron chi connectivity index (χ1n) is 9.51. The summed E-state index contributed by atoms with van der Waals surface area (Å²) in [6, 6.07) is 18.9. The summed E-state index contributed by atoms with van der Waals surface area (Å²) < 4.78 is 5.87.